The zero-order valence-corrected chi connectivity index (χ0v) is 19.4. The summed E-state index contributed by atoms with van der Waals surface area (Å²) in [7, 11) is 0. The lowest BCUT2D eigenvalue weighted by atomic mass is 10.1. The first-order chi connectivity index (χ1) is 16.4. The van der Waals surface area contributed by atoms with Crippen molar-refractivity contribution in [3.8, 4) is 0 Å². The summed E-state index contributed by atoms with van der Waals surface area (Å²) in [5.41, 5.74) is 1.55. The minimum absolute atomic E-state index is 0.0692. The predicted octanol–water partition coefficient (Wildman–Crippen LogP) is 4.05. The molecule has 1 aliphatic carbocycles. The molecule has 34 heavy (non-hydrogen) atoms. The summed E-state index contributed by atoms with van der Waals surface area (Å²) in [6, 6.07) is 12.9. The smallest absolute Gasteiger partial charge is 0.287 e. The maximum Gasteiger partial charge on any atom is 0.287 e. The summed E-state index contributed by atoms with van der Waals surface area (Å²) in [6.45, 7) is 3.41. The molecule has 4 rings (SSSR count). The Hall–Kier alpha value is -3.81. The van der Waals surface area contributed by atoms with Crippen LogP contribution in [-0.4, -0.2) is 30.3 Å². The molecule has 0 bridgehead atoms. The molecule has 1 saturated carbocycles. The highest BCUT2D eigenvalue weighted by Crippen LogP contribution is 2.30. The summed E-state index contributed by atoms with van der Waals surface area (Å²) < 4.78 is 10.9. The van der Waals surface area contributed by atoms with Crippen LogP contribution in [-0.2, 0) is 9.59 Å². The van der Waals surface area contributed by atoms with Crippen molar-refractivity contribution in [1.29, 1.82) is 0 Å². The molecule has 8 nitrogen and oxygen atoms in total. The van der Waals surface area contributed by atoms with Gasteiger partial charge in [-0.1, -0.05) is 30.5 Å². The van der Waals surface area contributed by atoms with Gasteiger partial charge in [0.05, 0.1) is 12.8 Å². The van der Waals surface area contributed by atoms with E-state index in [-0.39, 0.29) is 24.3 Å². The van der Waals surface area contributed by atoms with E-state index in [1.54, 1.807) is 37.3 Å². The van der Waals surface area contributed by atoms with Gasteiger partial charge in [0.2, 0.25) is 5.91 Å². The van der Waals surface area contributed by atoms with Crippen molar-refractivity contribution in [3.05, 3.63) is 77.6 Å². The molecule has 0 spiro atoms. The van der Waals surface area contributed by atoms with Gasteiger partial charge in [-0.3, -0.25) is 19.3 Å². The minimum Gasteiger partial charge on any atom is -0.464 e. The molecule has 2 heterocycles. The molecule has 178 valence electrons. The highest BCUT2D eigenvalue weighted by molar-refractivity contribution is 6.04. The Morgan fingerprint density at radius 1 is 1.03 bits per heavy atom. The van der Waals surface area contributed by atoms with Gasteiger partial charge in [-0.25, -0.2) is 0 Å². The number of rotatable bonds is 8. The quantitative estimate of drug-likeness (QED) is 0.524. The van der Waals surface area contributed by atoms with E-state index in [0.717, 1.165) is 31.2 Å². The van der Waals surface area contributed by atoms with E-state index in [9.17, 15) is 14.4 Å². The van der Waals surface area contributed by atoms with Gasteiger partial charge < -0.3 is 19.5 Å². The van der Waals surface area contributed by atoms with Gasteiger partial charge in [-0.2, -0.15) is 0 Å². The maximum absolute atomic E-state index is 13.6. The second kappa shape index (κ2) is 10.4. The van der Waals surface area contributed by atoms with Crippen molar-refractivity contribution < 1.29 is 23.2 Å². The van der Waals surface area contributed by atoms with Crippen molar-refractivity contribution in [1.82, 2.24) is 10.6 Å². The van der Waals surface area contributed by atoms with Crippen LogP contribution in [0.15, 0.2) is 63.6 Å². The topological polar surface area (TPSA) is 105 Å². The van der Waals surface area contributed by atoms with E-state index in [1.165, 1.54) is 17.2 Å². The number of hydrogen-bond donors (Lipinski definition) is 2. The van der Waals surface area contributed by atoms with Crippen LogP contribution in [0.25, 0.3) is 0 Å². The van der Waals surface area contributed by atoms with Crippen molar-refractivity contribution in [2.75, 3.05) is 11.4 Å². The van der Waals surface area contributed by atoms with E-state index in [2.05, 4.69) is 10.6 Å². The van der Waals surface area contributed by atoms with Gasteiger partial charge in [0.25, 0.3) is 11.8 Å². The molecule has 2 N–H and O–H groups in total. The lowest BCUT2D eigenvalue weighted by molar-refractivity contribution is -0.127. The Kier molecular flexibility index (Phi) is 7.15. The first-order valence-electron chi connectivity index (χ1n) is 11.5. The fraction of sp³-hybridized carbons (Fsp3) is 0.346. The van der Waals surface area contributed by atoms with E-state index < -0.39 is 17.9 Å². The molecule has 1 atom stereocenters. The largest absolute Gasteiger partial charge is 0.464 e. The summed E-state index contributed by atoms with van der Waals surface area (Å²) in [5, 5.41) is 5.68. The van der Waals surface area contributed by atoms with Gasteiger partial charge in [-0.15, -0.1) is 0 Å². The lowest BCUT2D eigenvalue weighted by Crippen LogP contribution is -2.49. The van der Waals surface area contributed by atoms with E-state index in [1.807, 2.05) is 19.1 Å². The van der Waals surface area contributed by atoms with Crippen LogP contribution in [0, 0.1) is 13.8 Å². The molecule has 0 saturated heterocycles. The number of furan rings is 2. The molecule has 0 aliphatic heterocycles. The second-order valence-electron chi connectivity index (χ2n) is 8.60. The molecule has 3 amide bonds. The molecule has 3 aromatic rings. The standard InChI is InChI=1S/C26H29N3O5/c1-17-9-12-20(13-10-17)29(23(30)16-27-25(31)22-8-5-15-33-22)24(21-14-11-18(2)34-21)26(32)28-19-6-3-4-7-19/h5,8-15,19,24H,3-4,6-7,16H2,1-2H3,(H,27,31)(H,28,32). The first-order valence-corrected chi connectivity index (χ1v) is 11.5. The van der Waals surface area contributed by atoms with Crippen molar-refractivity contribution in [3.63, 3.8) is 0 Å². The van der Waals surface area contributed by atoms with Gasteiger partial charge in [0.1, 0.15) is 11.5 Å². The van der Waals surface area contributed by atoms with Crippen molar-refractivity contribution in [2.45, 2.75) is 51.6 Å². The molecule has 1 aromatic carbocycles. The Balaban J connectivity index is 1.65. The number of nitrogens with zero attached hydrogens (tertiary/aromatic N) is 1. The van der Waals surface area contributed by atoms with Crippen LogP contribution in [0.5, 0.6) is 0 Å². The average Bonchev–Trinajstić information content (AvgIpc) is 3.60. The van der Waals surface area contributed by atoms with Crippen molar-refractivity contribution in [2.24, 2.45) is 0 Å². The average molecular weight is 464 g/mol. The Bertz CT molecular complexity index is 1130. The highest BCUT2D eigenvalue weighted by atomic mass is 16.3. The third kappa shape index (κ3) is 5.39. The highest BCUT2D eigenvalue weighted by Gasteiger charge is 2.36. The molecular weight excluding hydrogens is 434 g/mol. The van der Waals surface area contributed by atoms with Crippen LogP contribution >= 0.6 is 0 Å². The second-order valence-corrected chi connectivity index (χ2v) is 8.60. The molecular formula is C26H29N3O5. The fourth-order valence-corrected chi connectivity index (χ4v) is 4.20. The van der Waals surface area contributed by atoms with E-state index >= 15 is 0 Å². The van der Waals surface area contributed by atoms with Gasteiger partial charge in [-0.05, 0) is 63.1 Å². The van der Waals surface area contributed by atoms with Crippen LogP contribution < -0.4 is 15.5 Å². The number of benzene rings is 1. The maximum atomic E-state index is 13.6. The Morgan fingerprint density at radius 3 is 2.38 bits per heavy atom. The number of nitrogens with one attached hydrogen (secondary N) is 2. The van der Waals surface area contributed by atoms with Gasteiger partial charge in [0, 0.05) is 11.7 Å². The number of amides is 3. The zero-order chi connectivity index (χ0) is 24.1. The SMILES string of the molecule is Cc1ccc(N(C(=O)CNC(=O)c2ccco2)C(C(=O)NC2CCCC2)c2ccc(C)o2)cc1. The van der Waals surface area contributed by atoms with Gasteiger partial charge in [0.15, 0.2) is 11.8 Å². The predicted molar refractivity (Wildman–Crippen MR) is 126 cm³/mol. The molecule has 8 heteroatoms. The molecule has 2 aromatic heterocycles. The van der Waals surface area contributed by atoms with Crippen LogP contribution in [0.3, 0.4) is 0 Å². The molecule has 1 aliphatic rings. The number of anilines is 1. The molecule has 1 fully saturated rings. The fourth-order valence-electron chi connectivity index (χ4n) is 4.20. The lowest BCUT2D eigenvalue weighted by Gasteiger charge is -2.31. The number of carbonyl (C=O) groups is 3. The monoisotopic (exact) mass is 463 g/mol. The van der Waals surface area contributed by atoms with Gasteiger partial charge >= 0.3 is 0 Å². The molecule has 1 unspecified atom stereocenters. The number of hydrogen-bond acceptors (Lipinski definition) is 5. The summed E-state index contributed by atoms with van der Waals surface area (Å²) in [6.07, 6.45) is 5.34. The first kappa shape index (κ1) is 23.4. The Labute approximate surface area is 198 Å². The zero-order valence-electron chi connectivity index (χ0n) is 19.4. The minimum atomic E-state index is -1.02. The third-order valence-corrected chi connectivity index (χ3v) is 5.96. The summed E-state index contributed by atoms with van der Waals surface area (Å²) in [5.74, 6) is -0.179. The normalized spacial score (nSPS) is 14.5. The van der Waals surface area contributed by atoms with Crippen LogP contribution in [0.2, 0.25) is 0 Å². The van der Waals surface area contributed by atoms with Crippen LogP contribution in [0.4, 0.5) is 5.69 Å². The summed E-state index contributed by atoms with van der Waals surface area (Å²) >= 11 is 0. The van der Waals surface area contributed by atoms with Crippen molar-refractivity contribution >= 4 is 23.4 Å². The van der Waals surface area contributed by atoms with E-state index in [4.69, 9.17) is 8.83 Å². The van der Waals surface area contributed by atoms with Crippen LogP contribution in [0.1, 0.15) is 59.4 Å². The Morgan fingerprint density at radius 2 is 1.76 bits per heavy atom. The molecule has 0 radical (unpaired) electrons. The number of carbonyl (C=O) groups excluding carboxylic acids is 3. The number of aryl methyl sites for hydroxylation is 2. The van der Waals surface area contributed by atoms with E-state index in [0.29, 0.717) is 17.2 Å². The summed E-state index contributed by atoms with van der Waals surface area (Å²) in [4.78, 5) is 40.8. The third-order valence-electron chi connectivity index (χ3n) is 5.96.